The van der Waals surface area contributed by atoms with E-state index in [1.54, 1.807) is 0 Å². The molecule has 1 aliphatic heterocycles. The minimum Gasteiger partial charge on any atom is -0.490 e. The molecule has 2 aliphatic rings. The molecule has 2 heteroatoms. The first-order chi connectivity index (χ1) is 7.83. The number of hydrogen-bond donors (Lipinski definition) is 1. The molecule has 1 heterocycles. The zero-order valence-electron chi connectivity index (χ0n) is 9.83. The van der Waals surface area contributed by atoms with Crippen molar-refractivity contribution in [3.05, 3.63) is 29.3 Å². The molecule has 0 amide bonds. The van der Waals surface area contributed by atoms with Crippen LogP contribution in [-0.4, -0.2) is 6.10 Å². The molecule has 1 N–H and O–H groups in total. The quantitative estimate of drug-likeness (QED) is 0.822. The summed E-state index contributed by atoms with van der Waals surface area (Å²) in [5, 5.41) is 3.38. The molecule has 0 aromatic heterocycles. The molecular weight excluding hydrogens is 198 g/mol. The Morgan fingerprint density at radius 3 is 3.00 bits per heavy atom. The molecular formula is C14H19NO. The van der Waals surface area contributed by atoms with E-state index in [1.165, 1.54) is 30.4 Å². The van der Waals surface area contributed by atoms with Gasteiger partial charge in [0.25, 0.3) is 0 Å². The van der Waals surface area contributed by atoms with Crippen LogP contribution in [0, 0.1) is 5.92 Å². The van der Waals surface area contributed by atoms with Crippen molar-refractivity contribution in [2.45, 2.75) is 45.4 Å². The molecule has 0 saturated heterocycles. The number of nitrogens with one attached hydrogen (secondary N) is 1. The molecule has 16 heavy (non-hydrogen) atoms. The molecule has 0 radical (unpaired) electrons. The second-order valence-electron chi connectivity index (χ2n) is 5.16. The average Bonchev–Trinajstić information content (AvgIpc) is 2.87. The Kier molecular flexibility index (Phi) is 2.60. The van der Waals surface area contributed by atoms with Crippen molar-refractivity contribution in [3.8, 4) is 5.75 Å². The second kappa shape index (κ2) is 4.10. The summed E-state index contributed by atoms with van der Waals surface area (Å²) in [6.45, 7) is 4.28. The molecule has 0 spiro atoms. The van der Waals surface area contributed by atoms with Crippen LogP contribution in [-0.2, 0) is 13.1 Å². The minimum atomic E-state index is 0.446. The fourth-order valence-corrected chi connectivity index (χ4v) is 2.85. The van der Waals surface area contributed by atoms with Crippen LogP contribution in [0.5, 0.6) is 5.75 Å². The van der Waals surface area contributed by atoms with E-state index >= 15 is 0 Å². The highest BCUT2D eigenvalue weighted by Crippen LogP contribution is 2.32. The van der Waals surface area contributed by atoms with Gasteiger partial charge in [-0.2, -0.15) is 0 Å². The normalized spacial score (nSPS) is 28.1. The van der Waals surface area contributed by atoms with Crippen molar-refractivity contribution in [3.63, 3.8) is 0 Å². The van der Waals surface area contributed by atoms with E-state index < -0.39 is 0 Å². The molecule has 2 nitrogen and oxygen atoms in total. The number of ether oxygens (including phenoxy) is 1. The Morgan fingerprint density at radius 2 is 2.19 bits per heavy atom. The molecule has 2 atom stereocenters. The first-order valence-electron chi connectivity index (χ1n) is 6.31. The third-order valence-corrected chi connectivity index (χ3v) is 3.79. The number of fused-ring (bicyclic) bond motifs is 1. The first kappa shape index (κ1) is 10.2. The lowest BCUT2D eigenvalue weighted by Gasteiger charge is -2.16. The Morgan fingerprint density at radius 1 is 1.25 bits per heavy atom. The number of benzene rings is 1. The zero-order valence-corrected chi connectivity index (χ0v) is 9.83. The van der Waals surface area contributed by atoms with Crippen molar-refractivity contribution in [2.75, 3.05) is 0 Å². The van der Waals surface area contributed by atoms with Gasteiger partial charge in [-0.15, -0.1) is 0 Å². The van der Waals surface area contributed by atoms with Gasteiger partial charge < -0.3 is 10.1 Å². The summed E-state index contributed by atoms with van der Waals surface area (Å²) in [4.78, 5) is 0. The van der Waals surface area contributed by atoms with Crippen LogP contribution in [0.25, 0.3) is 0 Å². The lowest BCUT2D eigenvalue weighted by atomic mass is 10.1. The molecule has 2 unspecified atom stereocenters. The largest absolute Gasteiger partial charge is 0.490 e. The van der Waals surface area contributed by atoms with Crippen LogP contribution >= 0.6 is 0 Å². The summed E-state index contributed by atoms with van der Waals surface area (Å²) >= 11 is 0. The molecule has 3 rings (SSSR count). The monoisotopic (exact) mass is 217 g/mol. The SMILES string of the molecule is CC1CCC(Oc2cccc3c2CNC3)C1. The van der Waals surface area contributed by atoms with Crippen molar-refractivity contribution >= 4 is 0 Å². The summed E-state index contributed by atoms with van der Waals surface area (Å²) in [7, 11) is 0. The average molecular weight is 217 g/mol. The summed E-state index contributed by atoms with van der Waals surface area (Å²) in [6.07, 6.45) is 4.20. The molecule has 0 bridgehead atoms. The Bertz CT molecular complexity index is 388. The first-order valence-corrected chi connectivity index (χ1v) is 6.31. The highest BCUT2D eigenvalue weighted by Gasteiger charge is 2.24. The lowest BCUT2D eigenvalue weighted by Crippen LogP contribution is -2.13. The second-order valence-corrected chi connectivity index (χ2v) is 5.16. The Balaban J connectivity index is 1.77. The molecule has 1 aromatic carbocycles. The van der Waals surface area contributed by atoms with E-state index in [0.717, 1.165) is 24.8 Å². The van der Waals surface area contributed by atoms with Gasteiger partial charge in [-0.3, -0.25) is 0 Å². The van der Waals surface area contributed by atoms with Gasteiger partial charge in [-0.05, 0) is 36.8 Å². The van der Waals surface area contributed by atoms with Crippen molar-refractivity contribution in [1.29, 1.82) is 0 Å². The Hall–Kier alpha value is -1.02. The van der Waals surface area contributed by atoms with Gasteiger partial charge in [0.15, 0.2) is 0 Å². The lowest BCUT2D eigenvalue weighted by molar-refractivity contribution is 0.203. The summed E-state index contributed by atoms with van der Waals surface area (Å²) < 4.78 is 6.15. The number of hydrogen-bond acceptors (Lipinski definition) is 2. The van der Waals surface area contributed by atoms with E-state index in [9.17, 15) is 0 Å². The summed E-state index contributed by atoms with van der Waals surface area (Å²) in [5.74, 6) is 1.95. The molecule has 1 fully saturated rings. The smallest absolute Gasteiger partial charge is 0.124 e. The van der Waals surface area contributed by atoms with Gasteiger partial charge in [0, 0.05) is 18.7 Å². The maximum Gasteiger partial charge on any atom is 0.124 e. The van der Waals surface area contributed by atoms with Crippen LogP contribution in [0.4, 0.5) is 0 Å². The molecule has 86 valence electrons. The predicted octanol–water partition coefficient (Wildman–Crippen LogP) is 2.86. The third kappa shape index (κ3) is 1.82. The van der Waals surface area contributed by atoms with Gasteiger partial charge >= 0.3 is 0 Å². The standard InChI is InChI=1S/C14H19NO/c1-10-5-6-12(7-10)16-14-4-2-3-11-8-15-9-13(11)14/h2-4,10,12,15H,5-9H2,1H3. The fraction of sp³-hybridized carbons (Fsp3) is 0.571. The van der Waals surface area contributed by atoms with Crippen LogP contribution < -0.4 is 10.1 Å². The van der Waals surface area contributed by atoms with Crippen molar-refractivity contribution in [1.82, 2.24) is 5.32 Å². The number of rotatable bonds is 2. The predicted molar refractivity (Wildman–Crippen MR) is 64.4 cm³/mol. The fourth-order valence-electron chi connectivity index (χ4n) is 2.85. The summed E-state index contributed by atoms with van der Waals surface area (Å²) in [5.41, 5.74) is 2.78. The van der Waals surface area contributed by atoms with Gasteiger partial charge in [0.05, 0.1) is 6.10 Å². The van der Waals surface area contributed by atoms with Crippen LogP contribution in [0.1, 0.15) is 37.3 Å². The van der Waals surface area contributed by atoms with Gasteiger partial charge in [0.1, 0.15) is 5.75 Å². The van der Waals surface area contributed by atoms with Gasteiger partial charge in [-0.1, -0.05) is 19.1 Å². The van der Waals surface area contributed by atoms with E-state index in [-0.39, 0.29) is 0 Å². The van der Waals surface area contributed by atoms with E-state index in [2.05, 4.69) is 30.4 Å². The van der Waals surface area contributed by atoms with E-state index in [4.69, 9.17) is 4.74 Å². The van der Waals surface area contributed by atoms with Crippen LogP contribution in [0.2, 0.25) is 0 Å². The maximum atomic E-state index is 6.15. The minimum absolute atomic E-state index is 0.446. The van der Waals surface area contributed by atoms with E-state index in [1.807, 2.05) is 0 Å². The molecule has 1 saturated carbocycles. The topological polar surface area (TPSA) is 21.3 Å². The molecule has 1 aliphatic carbocycles. The summed E-state index contributed by atoms with van der Waals surface area (Å²) in [6, 6.07) is 6.42. The Labute approximate surface area is 97.0 Å². The van der Waals surface area contributed by atoms with Crippen molar-refractivity contribution in [2.24, 2.45) is 5.92 Å². The highest BCUT2D eigenvalue weighted by molar-refractivity contribution is 5.42. The van der Waals surface area contributed by atoms with Gasteiger partial charge in [0.2, 0.25) is 0 Å². The van der Waals surface area contributed by atoms with Crippen LogP contribution in [0.15, 0.2) is 18.2 Å². The van der Waals surface area contributed by atoms with E-state index in [0.29, 0.717) is 6.10 Å². The van der Waals surface area contributed by atoms with Crippen molar-refractivity contribution < 1.29 is 4.74 Å². The molecule has 1 aromatic rings. The highest BCUT2D eigenvalue weighted by atomic mass is 16.5. The third-order valence-electron chi connectivity index (χ3n) is 3.79. The zero-order chi connectivity index (χ0) is 11.0. The van der Waals surface area contributed by atoms with Crippen LogP contribution in [0.3, 0.4) is 0 Å². The maximum absolute atomic E-state index is 6.15. The van der Waals surface area contributed by atoms with Gasteiger partial charge in [-0.25, -0.2) is 0 Å².